The van der Waals surface area contributed by atoms with Gasteiger partial charge >= 0.3 is 5.97 Å². The molecule has 0 bridgehead atoms. The highest BCUT2D eigenvalue weighted by Gasteiger charge is 2.15. The van der Waals surface area contributed by atoms with Gasteiger partial charge in [-0.1, -0.05) is 19.1 Å². The van der Waals surface area contributed by atoms with Gasteiger partial charge in [-0.2, -0.15) is 0 Å². The summed E-state index contributed by atoms with van der Waals surface area (Å²) >= 11 is 0. The number of allylic oxidation sites excluding steroid dienone is 2. The van der Waals surface area contributed by atoms with E-state index in [2.05, 4.69) is 5.32 Å². The van der Waals surface area contributed by atoms with Crippen molar-refractivity contribution in [3.63, 3.8) is 0 Å². The normalized spacial score (nSPS) is 30.6. The van der Waals surface area contributed by atoms with Gasteiger partial charge in [0.25, 0.3) is 0 Å². The Balaban J connectivity index is 2.58. The first-order chi connectivity index (χ1) is 7.59. The molecule has 1 aliphatic heterocycles. The maximum atomic E-state index is 11.5. The molecule has 0 fully saturated rings. The third-order valence-corrected chi connectivity index (χ3v) is 2.48. The van der Waals surface area contributed by atoms with E-state index in [1.165, 1.54) is 0 Å². The van der Waals surface area contributed by atoms with Crippen molar-refractivity contribution >= 4 is 11.9 Å². The largest absolute Gasteiger partial charge is 0.463 e. The van der Waals surface area contributed by atoms with Crippen LogP contribution in [0.4, 0.5) is 0 Å². The molecule has 0 aromatic carbocycles. The maximum Gasteiger partial charge on any atom is 0.309 e. The van der Waals surface area contributed by atoms with Crippen LogP contribution in [0.2, 0.25) is 0 Å². The van der Waals surface area contributed by atoms with Gasteiger partial charge in [-0.25, -0.2) is 0 Å². The van der Waals surface area contributed by atoms with E-state index in [1.54, 1.807) is 0 Å². The number of carbonyl (C=O) groups is 2. The monoisotopic (exact) mass is 225 g/mol. The minimum absolute atomic E-state index is 0.00169. The standard InChI is InChI=1S/C12H19NO3/c1-9-6-4-3-5-7-11(14)13-10(2)8-16-12(9)15/h3-4,9-10H,5-8H2,1-2H3,(H,13,14)/b4-3+/t9-,10?/m1/s1. The van der Waals surface area contributed by atoms with Crippen LogP contribution in [0.3, 0.4) is 0 Å². The second kappa shape index (κ2) is 6.30. The highest BCUT2D eigenvalue weighted by Crippen LogP contribution is 2.07. The van der Waals surface area contributed by atoms with Crippen molar-refractivity contribution in [3.8, 4) is 0 Å². The summed E-state index contributed by atoms with van der Waals surface area (Å²) in [6, 6.07) is -0.118. The highest BCUT2D eigenvalue weighted by atomic mass is 16.5. The van der Waals surface area contributed by atoms with Crippen molar-refractivity contribution in [3.05, 3.63) is 12.2 Å². The van der Waals surface area contributed by atoms with Crippen LogP contribution in [0, 0.1) is 5.92 Å². The number of esters is 1. The fourth-order valence-corrected chi connectivity index (χ4v) is 1.47. The van der Waals surface area contributed by atoms with E-state index in [4.69, 9.17) is 4.74 Å². The number of rotatable bonds is 0. The Hall–Kier alpha value is -1.32. The molecule has 4 nitrogen and oxygen atoms in total. The Kier molecular flexibility index (Phi) is 5.02. The zero-order valence-corrected chi connectivity index (χ0v) is 9.86. The van der Waals surface area contributed by atoms with E-state index in [9.17, 15) is 9.59 Å². The van der Waals surface area contributed by atoms with Crippen molar-refractivity contribution in [2.24, 2.45) is 5.92 Å². The molecule has 1 aliphatic rings. The lowest BCUT2D eigenvalue weighted by molar-refractivity contribution is -0.149. The van der Waals surface area contributed by atoms with Crippen LogP contribution in [-0.2, 0) is 14.3 Å². The topological polar surface area (TPSA) is 55.4 Å². The molecule has 1 heterocycles. The van der Waals surface area contributed by atoms with Crippen LogP contribution in [0.1, 0.15) is 33.1 Å². The highest BCUT2D eigenvalue weighted by molar-refractivity contribution is 5.76. The van der Waals surface area contributed by atoms with Gasteiger partial charge in [0.1, 0.15) is 6.61 Å². The molecule has 0 saturated heterocycles. The smallest absolute Gasteiger partial charge is 0.309 e. The second-order valence-corrected chi connectivity index (χ2v) is 4.25. The third kappa shape index (κ3) is 4.47. The van der Waals surface area contributed by atoms with Crippen LogP contribution in [0.25, 0.3) is 0 Å². The summed E-state index contributed by atoms with van der Waals surface area (Å²) in [5.74, 6) is -0.313. The van der Waals surface area contributed by atoms with E-state index in [0.29, 0.717) is 12.8 Å². The summed E-state index contributed by atoms with van der Waals surface area (Å²) in [7, 11) is 0. The van der Waals surface area contributed by atoms with E-state index in [0.717, 1.165) is 6.42 Å². The lowest BCUT2D eigenvalue weighted by Gasteiger charge is -2.16. The molecule has 0 aliphatic carbocycles. The van der Waals surface area contributed by atoms with E-state index >= 15 is 0 Å². The fraction of sp³-hybridized carbons (Fsp3) is 0.667. The average Bonchev–Trinajstić information content (AvgIpc) is 2.23. The number of nitrogens with one attached hydrogen (secondary N) is 1. The van der Waals surface area contributed by atoms with Crippen LogP contribution in [0.5, 0.6) is 0 Å². The third-order valence-electron chi connectivity index (χ3n) is 2.48. The summed E-state index contributed by atoms with van der Waals surface area (Å²) < 4.78 is 5.10. The zero-order chi connectivity index (χ0) is 12.0. The van der Waals surface area contributed by atoms with Gasteiger partial charge < -0.3 is 10.1 Å². The number of cyclic esters (lactones) is 1. The Labute approximate surface area is 96.0 Å². The Morgan fingerprint density at radius 3 is 2.81 bits per heavy atom. The van der Waals surface area contributed by atoms with Gasteiger partial charge in [0.2, 0.25) is 5.91 Å². The molecule has 0 aromatic heterocycles. The quantitative estimate of drug-likeness (QED) is 0.501. The Morgan fingerprint density at radius 2 is 2.06 bits per heavy atom. The number of hydrogen-bond donors (Lipinski definition) is 1. The molecule has 1 rings (SSSR count). The number of ether oxygens (including phenoxy) is 1. The molecule has 0 radical (unpaired) electrons. The summed E-state index contributed by atoms with van der Waals surface area (Å²) in [4.78, 5) is 22.9. The lowest BCUT2D eigenvalue weighted by Crippen LogP contribution is -2.37. The lowest BCUT2D eigenvalue weighted by atomic mass is 10.1. The first-order valence-electron chi connectivity index (χ1n) is 5.70. The number of carbonyl (C=O) groups excluding carboxylic acids is 2. The van der Waals surface area contributed by atoms with E-state index in [-0.39, 0.29) is 30.4 Å². The molecule has 90 valence electrons. The molecule has 0 spiro atoms. The Morgan fingerprint density at radius 1 is 1.31 bits per heavy atom. The van der Waals surface area contributed by atoms with Crippen molar-refractivity contribution in [1.82, 2.24) is 5.32 Å². The maximum absolute atomic E-state index is 11.5. The van der Waals surface area contributed by atoms with Crippen molar-refractivity contribution < 1.29 is 14.3 Å². The van der Waals surface area contributed by atoms with Crippen molar-refractivity contribution in [2.75, 3.05) is 6.61 Å². The fourth-order valence-electron chi connectivity index (χ4n) is 1.47. The summed E-state index contributed by atoms with van der Waals surface area (Å²) in [5, 5.41) is 2.78. The molecule has 1 N–H and O–H groups in total. The molecule has 0 saturated carbocycles. The predicted octanol–water partition coefficient (Wildman–Crippen LogP) is 1.41. The molecule has 0 aromatic rings. The SMILES string of the molecule is CC1COC(=O)[C@H](C)C/C=C/CCC(=O)N1. The summed E-state index contributed by atoms with van der Waals surface area (Å²) in [6.45, 7) is 3.93. The molecule has 1 unspecified atom stereocenters. The van der Waals surface area contributed by atoms with Gasteiger partial charge in [-0.05, 0) is 19.8 Å². The summed E-state index contributed by atoms with van der Waals surface area (Å²) in [6.07, 6.45) is 5.76. The van der Waals surface area contributed by atoms with Gasteiger partial charge in [-0.3, -0.25) is 9.59 Å². The first-order valence-corrected chi connectivity index (χ1v) is 5.70. The van der Waals surface area contributed by atoms with Gasteiger partial charge in [0, 0.05) is 6.42 Å². The number of hydrogen-bond acceptors (Lipinski definition) is 3. The van der Waals surface area contributed by atoms with E-state index in [1.807, 2.05) is 26.0 Å². The Bertz CT molecular complexity index is 286. The predicted molar refractivity (Wildman–Crippen MR) is 60.7 cm³/mol. The van der Waals surface area contributed by atoms with Crippen LogP contribution in [-0.4, -0.2) is 24.5 Å². The minimum atomic E-state index is -0.202. The van der Waals surface area contributed by atoms with Crippen LogP contribution in [0.15, 0.2) is 12.2 Å². The summed E-state index contributed by atoms with van der Waals surface area (Å²) in [5.41, 5.74) is 0. The number of amides is 1. The molecule has 4 heteroatoms. The van der Waals surface area contributed by atoms with E-state index < -0.39 is 0 Å². The van der Waals surface area contributed by atoms with Crippen LogP contribution >= 0.6 is 0 Å². The van der Waals surface area contributed by atoms with Crippen molar-refractivity contribution in [1.29, 1.82) is 0 Å². The van der Waals surface area contributed by atoms with Crippen LogP contribution < -0.4 is 5.32 Å². The molecular weight excluding hydrogens is 206 g/mol. The van der Waals surface area contributed by atoms with Gasteiger partial charge in [0.05, 0.1) is 12.0 Å². The molecule has 1 amide bonds. The van der Waals surface area contributed by atoms with Gasteiger partial charge in [0.15, 0.2) is 0 Å². The van der Waals surface area contributed by atoms with Gasteiger partial charge in [-0.15, -0.1) is 0 Å². The minimum Gasteiger partial charge on any atom is -0.463 e. The molecule has 2 atom stereocenters. The van der Waals surface area contributed by atoms with Crippen molar-refractivity contribution in [2.45, 2.75) is 39.2 Å². The zero-order valence-electron chi connectivity index (χ0n) is 9.86. The average molecular weight is 225 g/mol. The second-order valence-electron chi connectivity index (χ2n) is 4.25. The first kappa shape index (κ1) is 12.7. The molecule has 16 heavy (non-hydrogen) atoms. The molecular formula is C12H19NO3.